The van der Waals surface area contributed by atoms with Gasteiger partial charge in [-0.2, -0.15) is 0 Å². The van der Waals surface area contributed by atoms with Crippen molar-refractivity contribution in [3.8, 4) is 0 Å². The maximum Gasteiger partial charge on any atom is 0.409 e. The number of nitrogens with one attached hydrogen (secondary N) is 1. The second kappa shape index (κ2) is 7.65. The van der Waals surface area contributed by atoms with Crippen molar-refractivity contribution in [3.63, 3.8) is 0 Å². The zero-order valence-electron chi connectivity index (χ0n) is 13.4. The highest BCUT2D eigenvalue weighted by atomic mass is 16.6. The van der Waals surface area contributed by atoms with Crippen LogP contribution in [0.3, 0.4) is 0 Å². The minimum Gasteiger partial charge on any atom is -0.449 e. The minimum absolute atomic E-state index is 0.159. The lowest BCUT2D eigenvalue weighted by atomic mass is 9.86. The molecule has 0 radical (unpaired) electrons. The third-order valence-electron chi connectivity index (χ3n) is 5.02. The van der Waals surface area contributed by atoms with Gasteiger partial charge in [0.05, 0.1) is 18.6 Å². The van der Waals surface area contributed by atoms with Crippen molar-refractivity contribution >= 4 is 6.09 Å². The van der Waals surface area contributed by atoms with Crippen LogP contribution in [0.1, 0.15) is 56.3 Å². The summed E-state index contributed by atoms with van der Waals surface area (Å²) in [5.41, 5.74) is 2.25. The lowest BCUT2D eigenvalue weighted by Crippen LogP contribution is -2.34. The summed E-state index contributed by atoms with van der Waals surface area (Å²) in [5, 5.41) is 0. The molecular formula is C17H27N3O2. The molecule has 1 saturated carbocycles. The summed E-state index contributed by atoms with van der Waals surface area (Å²) in [7, 11) is 0. The number of ether oxygens (including phenoxy) is 1. The molecule has 0 atom stereocenters. The Morgan fingerprint density at radius 3 is 2.95 bits per heavy atom. The molecule has 2 heterocycles. The summed E-state index contributed by atoms with van der Waals surface area (Å²) < 4.78 is 5.46. The average molecular weight is 305 g/mol. The van der Waals surface area contributed by atoms with Gasteiger partial charge in [-0.1, -0.05) is 32.1 Å². The Morgan fingerprint density at radius 2 is 2.09 bits per heavy atom. The number of nitrogens with zero attached hydrogens (tertiary/aromatic N) is 2. The molecule has 0 spiro atoms. The topological polar surface area (TPSA) is 58.2 Å². The molecule has 1 aromatic heterocycles. The van der Waals surface area contributed by atoms with Gasteiger partial charge in [0.1, 0.15) is 0 Å². The molecule has 1 aliphatic heterocycles. The van der Waals surface area contributed by atoms with Crippen LogP contribution in [0.2, 0.25) is 0 Å². The quantitative estimate of drug-likeness (QED) is 0.868. The average Bonchev–Trinajstić information content (AvgIpc) is 2.91. The first kappa shape index (κ1) is 15.4. The van der Waals surface area contributed by atoms with Crippen LogP contribution in [0, 0.1) is 5.92 Å². The van der Waals surface area contributed by atoms with Gasteiger partial charge in [-0.15, -0.1) is 0 Å². The van der Waals surface area contributed by atoms with E-state index >= 15 is 0 Å². The van der Waals surface area contributed by atoms with Crippen LogP contribution in [0.25, 0.3) is 0 Å². The van der Waals surface area contributed by atoms with E-state index in [0.717, 1.165) is 43.1 Å². The molecule has 0 aromatic carbocycles. The van der Waals surface area contributed by atoms with Crippen LogP contribution in [0.4, 0.5) is 4.79 Å². The lowest BCUT2D eigenvalue weighted by molar-refractivity contribution is 0.100. The zero-order valence-corrected chi connectivity index (χ0v) is 13.4. The maximum atomic E-state index is 12.1. The van der Waals surface area contributed by atoms with E-state index in [-0.39, 0.29) is 6.09 Å². The third-order valence-corrected chi connectivity index (χ3v) is 5.02. The van der Waals surface area contributed by atoms with Crippen molar-refractivity contribution in [2.24, 2.45) is 5.92 Å². The fourth-order valence-electron chi connectivity index (χ4n) is 3.66. The Kier molecular flexibility index (Phi) is 5.35. The Bertz CT molecular complexity index is 458. The molecule has 3 rings (SSSR count). The molecule has 1 aliphatic carbocycles. The van der Waals surface area contributed by atoms with Gasteiger partial charge in [-0.25, -0.2) is 9.78 Å². The van der Waals surface area contributed by atoms with Crippen molar-refractivity contribution in [2.75, 3.05) is 19.7 Å². The van der Waals surface area contributed by atoms with Gasteiger partial charge in [0.15, 0.2) is 0 Å². The minimum atomic E-state index is -0.159. The summed E-state index contributed by atoms with van der Waals surface area (Å²) in [6, 6.07) is 0. The summed E-state index contributed by atoms with van der Waals surface area (Å²) in [5.74, 6) is 0.863. The molecule has 2 aliphatic rings. The zero-order chi connectivity index (χ0) is 15.2. The van der Waals surface area contributed by atoms with Gasteiger partial charge in [0.2, 0.25) is 0 Å². The van der Waals surface area contributed by atoms with Crippen LogP contribution < -0.4 is 0 Å². The van der Waals surface area contributed by atoms with E-state index in [9.17, 15) is 4.79 Å². The first-order chi connectivity index (χ1) is 10.8. The highest BCUT2D eigenvalue weighted by Crippen LogP contribution is 2.27. The maximum absolute atomic E-state index is 12.1. The van der Waals surface area contributed by atoms with E-state index in [4.69, 9.17) is 4.74 Å². The highest BCUT2D eigenvalue weighted by Gasteiger charge is 2.21. The van der Waals surface area contributed by atoms with Crippen LogP contribution in [0.5, 0.6) is 0 Å². The highest BCUT2D eigenvalue weighted by molar-refractivity contribution is 5.67. The summed E-state index contributed by atoms with van der Waals surface area (Å²) >= 11 is 0. The summed E-state index contributed by atoms with van der Waals surface area (Å²) in [4.78, 5) is 21.4. The standard InChI is InChI=1S/C17H27N3O2/c21-17(22-12-4-7-14-5-2-1-3-6-14)20-10-8-15-16(9-11-20)19-13-18-15/h13-14H,1-12H2,(H,18,19). The number of rotatable bonds is 4. The Labute approximate surface area is 132 Å². The molecule has 122 valence electrons. The van der Waals surface area contributed by atoms with Gasteiger partial charge in [-0.3, -0.25) is 0 Å². The molecule has 5 nitrogen and oxygen atoms in total. The van der Waals surface area contributed by atoms with E-state index < -0.39 is 0 Å². The molecule has 1 aromatic rings. The number of imidazole rings is 1. The molecule has 0 unspecified atom stereocenters. The van der Waals surface area contributed by atoms with E-state index in [1.54, 1.807) is 6.33 Å². The first-order valence-corrected chi connectivity index (χ1v) is 8.76. The number of carbonyl (C=O) groups is 1. The monoisotopic (exact) mass is 305 g/mol. The molecular weight excluding hydrogens is 278 g/mol. The fraction of sp³-hybridized carbons (Fsp3) is 0.765. The van der Waals surface area contributed by atoms with E-state index in [0.29, 0.717) is 13.2 Å². The molecule has 1 fully saturated rings. The number of carbonyl (C=O) groups excluding carboxylic acids is 1. The predicted octanol–water partition coefficient (Wildman–Crippen LogP) is 3.31. The van der Waals surface area contributed by atoms with E-state index in [1.165, 1.54) is 38.5 Å². The number of aromatic amines is 1. The predicted molar refractivity (Wildman–Crippen MR) is 84.7 cm³/mol. The van der Waals surface area contributed by atoms with Gasteiger partial charge < -0.3 is 14.6 Å². The summed E-state index contributed by atoms with van der Waals surface area (Å²) in [6.07, 6.45) is 12.3. The van der Waals surface area contributed by atoms with Gasteiger partial charge in [-0.05, 0) is 18.8 Å². The smallest absolute Gasteiger partial charge is 0.409 e. The SMILES string of the molecule is O=C(OCCCC1CCCCC1)N1CCc2nc[nH]c2CC1. The first-order valence-electron chi connectivity index (χ1n) is 8.76. The number of hydrogen-bond acceptors (Lipinski definition) is 3. The van der Waals surface area contributed by atoms with Crippen molar-refractivity contribution in [2.45, 2.75) is 57.8 Å². The second-order valence-electron chi connectivity index (χ2n) is 6.58. The molecule has 1 N–H and O–H groups in total. The summed E-state index contributed by atoms with van der Waals surface area (Å²) in [6.45, 7) is 1.99. The number of fused-ring (bicyclic) bond motifs is 1. The van der Waals surface area contributed by atoms with Crippen LogP contribution in [0.15, 0.2) is 6.33 Å². The van der Waals surface area contributed by atoms with Crippen LogP contribution >= 0.6 is 0 Å². The van der Waals surface area contributed by atoms with E-state index in [2.05, 4.69) is 9.97 Å². The van der Waals surface area contributed by atoms with E-state index in [1.807, 2.05) is 4.90 Å². The van der Waals surface area contributed by atoms with Crippen molar-refractivity contribution in [3.05, 3.63) is 17.7 Å². The molecule has 5 heteroatoms. The molecule has 1 amide bonds. The van der Waals surface area contributed by atoms with Crippen molar-refractivity contribution < 1.29 is 9.53 Å². The second-order valence-corrected chi connectivity index (χ2v) is 6.58. The molecule has 22 heavy (non-hydrogen) atoms. The number of H-pyrrole nitrogens is 1. The molecule has 0 bridgehead atoms. The largest absolute Gasteiger partial charge is 0.449 e. The van der Waals surface area contributed by atoms with Gasteiger partial charge in [0.25, 0.3) is 0 Å². The normalized spacial score (nSPS) is 19.5. The lowest BCUT2D eigenvalue weighted by Gasteiger charge is -2.22. The number of hydrogen-bond donors (Lipinski definition) is 1. The Hall–Kier alpha value is -1.52. The van der Waals surface area contributed by atoms with Gasteiger partial charge >= 0.3 is 6.09 Å². The Balaban J connectivity index is 1.34. The van der Waals surface area contributed by atoms with Crippen molar-refractivity contribution in [1.82, 2.24) is 14.9 Å². The van der Waals surface area contributed by atoms with Crippen LogP contribution in [-0.2, 0) is 17.6 Å². The molecule has 0 saturated heterocycles. The van der Waals surface area contributed by atoms with Gasteiger partial charge in [0, 0.05) is 31.6 Å². The fourth-order valence-corrected chi connectivity index (χ4v) is 3.66. The Morgan fingerprint density at radius 1 is 1.27 bits per heavy atom. The number of amides is 1. The van der Waals surface area contributed by atoms with Crippen LogP contribution in [-0.4, -0.2) is 40.7 Å². The number of aromatic nitrogens is 2. The van der Waals surface area contributed by atoms with Crippen molar-refractivity contribution in [1.29, 1.82) is 0 Å². The third kappa shape index (κ3) is 4.02.